The van der Waals surface area contributed by atoms with E-state index in [4.69, 9.17) is 11.5 Å². The van der Waals surface area contributed by atoms with Crippen LogP contribution in [-0.4, -0.2) is 16.6 Å². The van der Waals surface area contributed by atoms with E-state index in [-0.39, 0.29) is 0 Å². The summed E-state index contributed by atoms with van der Waals surface area (Å²) in [4.78, 5) is 2.37. The van der Waals surface area contributed by atoms with Gasteiger partial charge >= 0.3 is 0 Å². The molecule has 0 saturated carbocycles. The van der Waals surface area contributed by atoms with Crippen LogP contribution in [0.5, 0.6) is 0 Å². The van der Waals surface area contributed by atoms with Gasteiger partial charge in [-0.1, -0.05) is 84.9 Å². The molecule has 0 fully saturated rings. The van der Waals surface area contributed by atoms with Gasteiger partial charge in [0.15, 0.2) is 0 Å². The maximum absolute atomic E-state index is 12.0. The molecule has 4 rings (SSSR count). The third kappa shape index (κ3) is 5.80. The maximum atomic E-state index is 12.0. The van der Waals surface area contributed by atoms with Gasteiger partial charge in [0.2, 0.25) is 0 Å². The quantitative estimate of drug-likeness (QED) is 0.315. The minimum atomic E-state index is -1.21. The molecule has 0 aliphatic heterocycles. The summed E-state index contributed by atoms with van der Waals surface area (Å²) in [6.45, 7) is 2.27. The Morgan fingerprint density at radius 1 is 0.606 bits per heavy atom. The van der Waals surface area contributed by atoms with E-state index in [1.807, 2.05) is 60.7 Å². The second-order valence-corrected chi connectivity index (χ2v) is 8.54. The molecule has 0 bridgehead atoms. The molecular weight excluding hydrogens is 406 g/mol. The largest absolute Gasteiger partial charge is 0.399 e. The summed E-state index contributed by atoms with van der Waals surface area (Å²) in [5.41, 5.74) is 16.2. The smallest absolute Gasteiger partial charge is 0.116 e. The molecule has 0 unspecified atom stereocenters. The predicted molar refractivity (Wildman–Crippen MR) is 136 cm³/mol. The van der Waals surface area contributed by atoms with Crippen LogP contribution in [0.4, 0.5) is 11.4 Å². The SMILES string of the molecule is Nc1cccc(C(O)(CCN(Cc2ccccc2)Cc2ccccc2)c2cccc(N)c2)c1. The molecule has 0 saturated heterocycles. The molecule has 4 nitrogen and oxygen atoms in total. The number of hydrogen-bond donors (Lipinski definition) is 3. The standard InChI is InChI=1S/C29H31N3O/c30-27-15-7-13-25(19-27)29(33,26-14-8-16-28(31)20-26)17-18-32(21-23-9-3-1-4-10-23)22-24-11-5-2-6-12-24/h1-16,19-20,33H,17-18,21-22,30-31H2. The molecule has 4 aromatic rings. The first-order valence-electron chi connectivity index (χ1n) is 11.3. The van der Waals surface area contributed by atoms with Gasteiger partial charge in [-0.15, -0.1) is 0 Å². The molecule has 0 aliphatic rings. The first kappa shape index (κ1) is 22.6. The van der Waals surface area contributed by atoms with Crippen LogP contribution in [0, 0.1) is 0 Å². The second kappa shape index (κ2) is 10.3. The van der Waals surface area contributed by atoms with Crippen molar-refractivity contribution in [2.75, 3.05) is 18.0 Å². The highest BCUT2D eigenvalue weighted by molar-refractivity contribution is 5.49. The lowest BCUT2D eigenvalue weighted by atomic mass is 9.83. The van der Waals surface area contributed by atoms with Gasteiger partial charge in [-0.2, -0.15) is 0 Å². The summed E-state index contributed by atoms with van der Waals surface area (Å²) in [6, 6.07) is 35.9. The van der Waals surface area contributed by atoms with Crippen molar-refractivity contribution < 1.29 is 5.11 Å². The Kier molecular flexibility index (Phi) is 7.08. The third-order valence-electron chi connectivity index (χ3n) is 6.02. The van der Waals surface area contributed by atoms with Gasteiger partial charge in [-0.3, -0.25) is 4.90 Å². The molecule has 0 aliphatic carbocycles. The van der Waals surface area contributed by atoms with Crippen molar-refractivity contribution in [1.82, 2.24) is 4.90 Å². The van der Waals surface area contributed by atoms with Gasteiger partial charge in [0, 0.05) is 31.0 Å². The maximum Gasteiger partial charge on any atom is 0.116 e. The normalized spacial score (nSPS) is 11.6. The Bertz CT molecular complexity index is 1070. The molecule has 0 atom stereocenters. The number of nitrogen functional groups attached to an aromatic ring is 2. The molecule has 4 aromatic carbocycles. The number of hydrogen-bond acceptors (Lipinski definition) is 4. The topological polar surface area (TPSA) is 75.5 Å². The zero-order valence-corrected chi connectivity index (χ0v) is 18.8. The fourth-order valence-corrected chi connectivity index (χ4v) is 4.26. The van der Waals surface area contributed by atoms with E-state index in [0.717, 1.165) is 24.2 Å². The van der Waals surface area contributed by atoms with Crippen molar-refractivity contribution in [1.29, 1.82) is 0 Å². The lowest BCUT2D eigenvalue weighted by Crippen LogP contribution is -2.34. The van der Waals surface area contributed by atoms with Crippen molar-refractivity contribution in [3.8, 4) is 0 Å². The lowest BCUT2D eigenvalue weighted by Gasteiger charge is -2.33. The van der Waals surface area contributed by atoms with Gasteiger partial charge in [0.25, 0.3) is 0 Å². The molecule has 0 spiro atoms. The number of nitrogens with two attached hydrogens (primary N) is 2. The Hall–Kier alpha value is -3.60. The number of anilines is 2. The Labute approximate surface area is 196 Å². The minimum Gasteiger partial charge on any atom is -0.399 e. The Morgan fingerprint density at radius 2 is 1.06 bits per heavy atom. The zero-order valence-electron chi connectivity index (χ0n) is 18.8. The van der Waals surface area contributed by atoms with Gasteiger partial charge in [-0.25, -0.2) is 0 Å². The highest BCUT2D eigenvalue weighted by atomic mass is 16.3. The highest BCUT2D eigenvalue weighted by Gasteiger charge is 2.32. The van der Waals surface area contributed by atoms with Crippen molar-refractivity contribution in [2.45, 2.75) is 25.1 Å². The summed E-state index contributed by atoms with van der Waals surface area (Å²) >= 11 is 0. The molecule has 168 valence electrons. The van der Waals surface area contributed by atoms with Crippen molar-refractivity contribution in [2.24, 2.45) is 0 Å². The van der Waals surface area contributed by atoms with Crippen LogP contribution in [0.3, 0.4) is 0 Å². The Balaban J connectivity index is 1.64. The van der Waals surface area contributed by atoms with E-state index in [1.165, 1.54) is 11.1 Å². The van der Waals surface area contributed by atoms with Gasteiger partial charge < -0.3 is 16.6 Å². The summed E-state index contributed by atoms with van der Waals surface area (Å²) in [7, 11) is 0. The monoisotopic (exact) mass is 437 g/mol. The van der Waals surface area contributed by atoms with Crippen LogP contribution in [0.25, 0.3) is 0 Å². The number of benzene rings is 4. The van der Waals surface area contributed by atoms with Crippen molar-refractivity contribution >= 4 is 11.4 Å². The van der Waals surface area contributed by atoms with Crippen molar-refractivity contribution in [3.63, 3.8) is 0 Å². The van der Waals surface area contributed by atoms with Crippen LogP contribution in [0.1, 0.15) is 28.7 Å². The number of rotatable bonds is 9. The molecule has 33 heavy (non-hydrogen) atoms. The summed E-state index contributed by atoms with van der Waals surface area (Å²) in [5.74, 6) is 0. The van der Waals surface area contributed by atoms with Crippen LogP contribution < -0.4 is 11.5 Å². The van der Waals surface area contributed by atoms with Crippen LogP contribution in [-0.2, 0) is 18.7 Å². The highest BCUT2D eigenvalue weighted by Crippen LogP contribution is 2.35. The fraction of sp³-hybridized carbons (Fsp3) is 0.172. The number of aliphatic hydroxyl groups is 1. The average Bonchev–Trinajstić information content (AvgIpc) is 2.84. The predicted octanol–water partition coefficient (Wildman–Crippen LogP) is 5.18. The van der Waals surface area contributed by atoms with Gasteiger partial charge in [0.05, 0.1) is 0 Å². The first-order valence-corrected chi connectivity index (χ1v) is 11.3. The minimum absolute atomic E-state index is 0.500. The van der Waals surface area contributed by atoms with E-state index in [1.54, 1.807) is 0 Å². The van der Waals surface area contributed by atoms with E-state index in [2.05, 4.69) is 53.4 Å². The Morgan fingerprint density at radius 3 is 1.48 bits per heavy atom. The first-order chi connectivity index (χ1) is 16.0. The average molecular weight is 438 g/mol. The van der Waals surface area contributed by atoms with Crippen molar-refractivity contribution in [3.05, 3.63) is 131 Å². The van der Waals surface area contributed by atoms with E-state index in [9.17, 15) is 5.11 Å². The number of nitrogens with zero attached hydrogens (tertiary/aromatic N) is 1. The van der Waals surface area contributed by atoms with E-state index < -0.39 is 5.60 Å². The van der Waals surface area contributed by atoms with Crippen LogP contribution in [0.2, 0.25) is 0 Å². The molecule has 5 N–H and O–H groups in total. The van der Waals surface area contributed by atoms with Crippen LogP contribution >= 0.6 is 0 Å². The van der Waals surface area contributed by atoms with E-state index >= 15 is 0 Å². The summed E-state index contributed by atoms with van der Waals surface area (Å²) in [5, 5.41) is 12.0. The van der Waals surface area contributed by atoms with E-state index in [0.29, 0.717) is 24.3 Å². The van der Waals surface area contributed by atoms with Gasteiger partial charge in [0.1, 0.15) is 5.60 Å². The zero-order chi connectivity index (χ0) is 23.1. The second-order valence-electron chi connectivity index (χ2n) is 8.54. The molecule has 4 heteroatoms. The molecule has 0 aromatic heterocycles. The molecule has 0 radical (unpaired) electrons. The lowest BCUT2D eigenvalue weighted by molar-refractivity contribution is 0.0550. The van der Waals surface area contributed by atoms with Crippen LogP contribution in [0.15, 0.2) is 109 Å². The fourth-order valence-electron chi connectivity index (χ4n) is 4.26. The third-order valence-corrected chi connectivity index (χ3v) is 6.02. The molecular formula is C29H31N3O. The molecule has 0 amide bonds. The summed E-state index contributed by atoms with van der Waals surface area (Å²) < 4.78 is 0. The molecule has 0 heterocycles. The summed E-state index contributed by atoms with van der Waals surface area (Å²) in [6.07, 6.45) is 0.500. The van der Waals surface area contributed by atoms with Gasteiger partial charge in [-0.05, 0) is 52.9 Å².